The van der Waals surface area contributed by atoms with Crippen molar-refractivity contribution in [2.45, 2.75) is 32.7 Å². The van der Waals surface area contributed by atoms with Gasteiger partial charge >= 0.3 is 0 Å². The molecule has 0 bridgehead atoms. The van der Waals surface area contributed by atoms with Crippen LogP contribution in [0.25, 0.3) is 0 Å². The lowest BCUT2D eigenvalue weighted by atomic mass is 10.1. The monoisotopic (exact) mass is 321 g/mol. The van der Waals surface area contributed by atoms with E-state index < -0.39 is 0 Å². The number of carbonyl (C=O) groups is 1. The molecule has 0 fully saturated rings. The summed E-state index contributed by atoms with van der Waals surface area (Å²) in [6, 6.07) is 1.86. The highest BCUT2D eigenvalue weighted by atomic mass is 79.9. The Morgan fingerprint density at radius 1 is 1.53 bits per heavy atom. The number of alkyl halides is 1. The molecule has 0 aliphatic carbocycles. The zero-order valence-electron chi connectivity index (χ0n) is 10.1. The van der Waals surface area contributed by atoms with Crippen molar-refractivity contribution >= 4 is 33.4 Å². The first-order valence-corrected chi connectivity index (χ1v) is 7.25. The molecule has 1 heterocycles. The average Bonchev–Trinajstić information content (AvgIpc) is 2.75. The maximum absolute atomic E-state index is 12.3. The normalized spacial score (nSPS) is 10.9. The fourth-order valence-corrected chi connectivity index (χ4v) is 2.45. The fourth-order valence-electron chi connectivity index (χ4n) is 1.87. The van der Waals surface area contributed by atoms with E-state index in [2.05, 4.69) is 29.8 Å². The van der Waals surface area contributed by atoms with E-state index in [-0.39, 0.29) is 17.2 Å². The third-order valence-electron chi connectivity index (χ3n) is 2.82. The van der Waals surface area contributed by atoms with Crippen LogP contribution in [0.3, 0.4) is 0 Å². The Kier molecular flexibility index (Phi) is 6.06. The molecule has 0 aromatic carbocycles. The summed E-state index contributed by atoms with van der Waals surface area (Å²) in [7, 11) is 0. The average molecular weight is 323 g/mol. The summed E-state index contributed by atoms with van der Waals surface area (Å²) in [5.74, 6) is -0.0584. The molecule has 5 heteroatoms. The predicted molar refractivity (Wildman–Crippen MR) is 72.9 cm³/mol. The van der Waals surface area contributed by atoms with Gasteiger partial charge in [-0.05, 0) is 30.5 Å². The van der Waals surface area contributed by atoms with E-state index in [1.165, 1.54) is 6.26 Å². The second-order valence-corrected chi connectivity index (χ2v) is 4.90. The van der Waals surface area contributed by atoms with Crippen LogP contribution in [-0.2, 0) is 0 Å². The molecule has 0 radical (unpaired) electrons. The Labute approximate surface area is 115 Å². The van der Waals surface area contributed by atoms with E-state index in [1.54, 1.807) is 6.07 Å². The van der Waals surface area contributed by atoms with Gasteiger partial charge < -0.3 is 9.32 Å². The minimum atomic E-state index is -0.0584. The Hall–Kier alpha value is -0.480. The summed E-state index contributed by atoms with van der Waals surface area (Å²) in [6.07, 6.45) is 3.31. The van der Waals surface area contributed by atoms with E-state index >= 15 is 0 Å². The van der Waals surface area contributed by atoms with Crippen LogP contribution >= 0.6 is 27.5 Å². The minimum Gasteiger partial charge on any atom is -0.452 e. The van der Waals surface area contributed by atoms with Gasteiger partial charge in [0.05, 0.1) is 11.8 Å². The first-order chi connectivity index (χ1) is 8.15. The van der Waals surface area contributed by atoms with Gasteiger partial charge in [-0.2, -0.15) is 0 Å². The van der Waals surface area contributed by atoms with Crippen molar-refractivity contribution in [3.05, 3.63) is 23.1 Å². The van der Waals surface area contributed by atoms with E-state index in [1.807, 2.05) is 4.90 Å². The number of furan rings is 1. The molecular formula is C12H17BrClNO2. The van der Waals surface area contributed by atoms with Gasteiger partial charge in [0.1, 0.15) is 0 Å². The van der Waals surface area contributed by atoms with Gasteiger partial charge in [-0.25, -0.2) is 0 Å². The molecule has 1 rings (SSSR count). The molecule has 0 aliphatic rings. The highest BCUT2D eigenvalue weighted by Crippen LogP contribution is 2.21. The number of rotatable bonds is 6. The molecule has 0 N–H and O–H groups in total. The summed E-state index contributed by atoms with van der Waals surface area (Å²) in [5, 5.41) is 0.922. The summed E-state index contributed by atoms with van der Waals surface area (Å²) in [5.41, 5.74) is 0.444. The van der Waals surface area contributed by atoms with Crippen LogP contribution in [-0.4, -0.2) is 28.7 Å². The molecular weight excluding hydrogens is 305 g/mol. The number of amides is 1. The molecule has 3 nitrogen and oxygen atoms in total. The van der Waals surface area contributed by atoms with E-state index in [4.69, 9.17) is 16.0 Å². The van der Waals surface area contributed by atoms with Crippen LogP contribution in [0.15, 0.2) is 16.7 Å². The lowest BCUT2D eigenvalue weighted by molar-refractivity contribution is 0.0682. The zero-order chi connectivity index (χ0) is 12.8. The molecule has 1 aromatic heterocycles. The van der Waals surface area contributed by atoms with E-state index in [0.29, 0.717) is 12.1 Å². The SMILES string of the molecule is CCC(CC)N(CCBr)C(=O)c1ccoc1Cl. The number of halogens is 2. The van der Waals surface area contributed by atoms with Crippen LogP contribution in [0.1, 0.15) is 37.0 Å². The lowest BCUT2D eigenvalue weighted by Gasteiger charge is -2.29. The lowest BCUT2D eigenvalue weighted by Crippen LogP contribution is -2.41. The Morgan fingerprint density at radius 3 is 2.59 bits per heavy atom. The smallest absolute Gasteiger partial charge is 0.259 e. The maximum atomic E-state index is 12.3. The van der Waals surface area contributed by atoms with Gasteiger partial charge in [-0.15, -0.1) is 0 Å². The number of hydrogen-bond donors (Lipinski definition) is 0. The summed E-state index contributed by atoms with van der Waals surface area (Å²) < 4.78 is 4.97. The van der Waals surface area contributed by atoms with Crippen molar-refractivity contribution in [3.8, 4) is 0 Å². The van der Waals surface area contributed by atoms with Crippen molar-refractivity contribution in [1.82, 2.24) is 4.90 Å². The molecule has 0 unspecified atom stereocenters. The van der Waals surface area contributed by atoms with Gasteiger partial charge in [0.25, 0.3) is 5.91 Å². The molecule has 0 spiro atoms. The first kappa shape index (κ1) is 14.6. The standard InChI is InChI=1S/C12H17BrClNO2/c1-3-9(4-2)15(7-6-13)12(16)10-5-8-17-11(10)14/h5,8-9H,3-4,6-7H2,1-2H3. The van der Waals surface area contributed by atoms with Crippen molar-refractivity contribution in [2.75, 3.05) is 11.9 Å². The number of hydrogen-bond acceptors (Lipinski definition) is 2. The summed E-state index contributed by atoms with van der Waals surface area (Å²) in [4.78, 5) is 14.2. The molecule has 0 saturated carbocycles. The molecule has 0 aliphatic heterocycles. The first-order valence-electron chi connectivity index (χ1n) is 5.75. The zero-order valence-corrected chi connectivity index (χ0v) is 12.4. The van der Waals surface area contributed by atoms with Crippen LogP contribution in [0, 0.1) is 0 Å². The Bertz CT molecular complexity index is 363. The van der Waals surface area contributed by atoms with Crippen molar-refractivity contribution < 1.29 is 9.21 Å². The molecule has 96 valence electrons. The van der Waals surface area contributed by atoms with Crippen LogP contribution in [0.2, 0.25) is 5.22 Å². The molecule has 17 heavy (non-hydrogen) atoms. The van der Waals surface area contributed by atoms with Gasteiger partial charge in [-0.3, -0.25) is 4.79 Å². The Balaban J connectivity index is 2.91. The fraction of sp³-hybridized carbons (Fsp3) is 0.583. The van der Waals surface area contributed by atoms with Gasteiger partial charge in [0.15, 0.2) is 0 Å². The van der Waals surface area contributed by atoms with Crippen molar-refractivity contribution in [1.29, 1.82) is 0 Å². The van der Waals surface area contributed by atoms with Gasteiger partial charge in [0, 0.05) is 17.9 Å². The minimum absolute atomic E-state index is 0.0584. The second-order valence-electron chi connectivity index (χ2n) is 3.77. The molecule has 0 saturated heterocycles. The predicted octanol–water partition coefficient (Wildman–Crippen LogP) is 3.96. The number of carbonyl (C=O) groups excluding carboxylic acids is 1. The molecule has 0 atom stereocenters. The summed E-state index contributed by atoms with van der Waals surface area (Å²) in [6.45, 7) is 4.84. The molecule has 1 amide bonds. The van der Waals surface area contributed by atoms with E-state index in [9.17, 15) is 4.79 Å². The van der Waals surface area contributed by atoms with Gasteiger partial charge in [-0.1, -0.05) is 29.8 Å². The van der Waals surface area contributed by atoms with Crippen LogP contribution in [0.5, 0.6) is 0 Å². The maximum Gasteiger partial charge on any atom is 0.259 e. The molecule has 1 aromatic rings. The Morgan fingerprint density at radius 2 is 2.18 bits per heavy atom. The third kappa shape index (κ3) is 3.49. The second kappa shape index (κ2) is 7.07. The largest absolute Gasteiger partial charge is 0.452 e. The third-order valence-corrected chi connectivity index (χ3v) is 3.47. The quantitative estimate of drug-likeness (QED) is 0.743. The highest BCUT2D eigenvalue weighted by Gasteiger charge is 2.24. The van der Waals surface area contributed by atoms with E-state index in [0.717, 1.165) is 18.2 Å². The highest BCUT2D eigenvalue weighted by molar-refractivity contribution is 9.09. The summed E-state index contributed by atoms with van der Waals surface area (Å²) >= 11 is 9.22. The van der Waals surface area contributed by atoms with Crippen LogP contribution in [0.4, 0.5) is 0 Å². The van der Waals surface area contributed by atoms with Crippen molar-refractivity contribution in [2.24, 2.45) is 0 Å². The van der Waals surface area contributed by atoms with Gasteiger partial charge in [0.2, 0.25) is 5.22 Å². The topological polar surface area (TPSA) is 33.5 Å². The number of nitrogens with zero attached hydrogens (tertiary/aromatic N) is 1. The van der Waals surface area contributed by atoms with Crippen LogP contribution < -0.4 is 0 Å². The van der Waals surface area contributed by atoms with Crippen molar-refractivity contribution in [3.63, 3.8) is 0 Å².